The molecule has 3 rings (SSSR count). The second-order valence-corrected chi connectivity index (χ2v) is 8.12. The molecular formula is C18H17F3N4O4S. The number of H-pyrrole nitrogens is 1. The van der Waals surface area contributed by atoms with Crippen molar-refractivity contribution in [2.24, 2.45) is 5.73 Å². The van der Waals surface area contributed by atoms with Gasteiger partial charge in [0.15, 0.2) is 0 Å². The summed E-state index contributed by atoms with van der Waals surface area (Å²) in [6, 6.07) is 9.06. The molecule has 160 valence electrons. The highest BCUT2D eigenvalue weighted by molar-refractivity contribution is 7.89. The zero-order valence-corrected chi connectivity index (χ0v) is 16.4. The maximum Gasteiger partial charge on any atom is 0.492 e. The van der Waals surface area contributed by atoms with Crippen LogP contribution in [0, 0.1) is 6.92 Å². The van der Waals surface area contributed by atoms with Crippen molar-refractivity contribution in [3.8, 4) is 11.1 Å². The van der Waals surface area contributed by atoms with Crippen LogP contribution in [0.3, 0.4) is 0 Å². The van der Waals surface area contributed by atoms with Crippen LogP contribution >= 0.6 is 0 Å². The first-order valence-corrected chi connectivity index (χ1v) is 10.0. The van der Waals surface area contributed by atoms with Crippen molar-refractivity contribution in [1.82, 2.24) is 14.4 Å². The molecule has 3 aromatic rings. The van der Waals surface area contributed by atoms with E-state index in [4.69, 9.17) is 5.73 Å². The SMILES string of the molecule is Cc1cc2c(-c3ccc(S(=O)(=O)N(CCN)OC(=O)C(F)(F)F)cc3)ccnc2[nH]1. The normalized spacial score (nSPS) is 12.5. The topological polar surface area (TPSA) is 118 Å². The summed E-state index contributed by atoms with van der Waals surface area (Å²) in [7, 11) is -4.56. The van der Waals surface area contributed by atoms with Gasteiger partial charge in [-0.05, 0) is 46.8 Å². The number of aromatic amines is 1. The molecule has 0 saturated carbocycles. The molecule has 0 aliphatic rings. The molecule has 8 nitrogen and oxygen atoms in total. The van der Waals surface area contributed by atoms with Crippen molar-refractivity contribution < 1.29 is 31.2 Å². The Hall–Kier alpha value is -2.96. The van der Waals surface area contributed by atoms with E-state index in [1.54, 1.807) is 12.3 Å². The number of aryl methyl sites for hydroxylation is 1. The molecule has 0 aliphatic carbocycles. The van der Waals surface area contributed by atoms with Gasteiger partial charge in [0.1, 0.15) is 5.65 Å². The zero-order chi connectivity index (χ0) is 22.1. The Morgan fingerprint density at radius 3 is 2.50 bits per heavy atom. The average molecular weight is 442 g/mol. The van der Waals surface area contributed by atoms with Gasteiger partial charge in [0, 0.05) is 23.8 Å². The highest BCUT2D eigenvalue weighted by Gasteiger charge is 2.44. The van der Waals surface area contributed by atoms with Crippen molar-refractivity contribution in [2.45, 2.75) is 18.0 Å². The highest BCUT2D eigenvalue weighted by Crippen LogP contribution is 2.29. The lowest BCUT2D eigenvalue weighted by Gasteiger charge is -2.20. The smallest absolute Gasteiger partial charge is 0.345 e. The van der Waals surface area contributed by atoms with Crippen molar-refractivity contribution in [1.29, 1.82) is 0 Å². The van der Waals surface area contributed by atoms with E-state index >= 15 is 0 Å². The number of aromatic nitrogens is 2. The third-order valence-corrected chi connectivity index (χ3v) is 5.79. The minimum absolute atomic E-state index is 0.0576. The summed E-state index contributed by atoms with van der Waals surface area (Å²) in [5, 5.41) is 0.828. The van der Waals surface area contributed by atoms with E-state index in [0.717, 1.165) is 16.6 Å². The van der Waals surface area contributed by atoms with E-state index in [1.807, 2.05) is 13.0 Å². The monoisotopic (exact) mass is 442 g/mol. The minimum atomic E-state index is -5.35. The lowest BCUT2D eigenvalue weighted by Crippen LogP contribution is -2.41. The van der Waals surface area contributed by atoms with E-state index in [0.29, 0.717) is 11.2 Å². The largest absolute Gasteiger partial charge is 0.492 e. The van der Waals surface area contributed by atoms with Gasteiger partial charge < -0.3 is 15.6 Å². The van der Waals surface area contributed by atoms with E-state index in [9.17, 15) is 26.4 Å². The molecule has 0 unspecified atom stereocenters. The van der Waals surface area contributed by atoms with Gasteiger partial charge in [0.05, 0.1) is 11.4 Å². The Kier molecular flexibility index (Phi) is 5.83. The number of nitrogens with two attached hydrogens (primary N) is 1. The van der Waals surface area contributed by atoms with Crippen LogP contribution in [-0.2, 0) is 19.7 Å². The van der Waals surface area contributed by atoms with Crippen LogP contribution in [0.25, 0.3) is 22.2 Å². The number of carbonyl (C=O) groups excluding carboxylic acids is 1. The number of hydrogen-bond donors (Lipinski definition) is 2. The maximum absolute atomic E-state index is 12.7. The van der Waals surface area contributed by atoms with Crippen LogP contribution in [-0.4, -0.2) is 48.1 Å². The van der Waals surface area contributed by atoms with E-state index in [-0.39, 0.29) is 15.9 Å². The van der Waals surface area contributed by atoms with Gasteiger partial charge in [-0.2, -0.15) is 13.2 Å². The van der Waals surface area contributed by atoms with Crippen LogP contribution in [0.5, 0.6) is 0 Å². The fourth-order valence-electron chi connectivity index (χ4n) is 2.80. The van der Waals surface area contributed by atoms with Gasteiger partial charge in [0.25, 0.3) is 10.0 Å². The lowest BCUT2D eigenvalue weighted by atomic mass is 10.0. The molecule has 0 spiro atoms. The molecule has 2 heterocycles. The molecule has 30 heavy (non-hydrogen) atoms. The number of pyridine rings is 1. The number of sulfonamides is 1. The zero-order valence-electron chi connectivity index (χ0n) is 15.6. The second-order valence-electron chi connectivity index (χ2n) is 6.29. The predicted molar refractivity (Wildman–Crippen MR) is 101 cm³/mol. The van der Waals surface area contributed by atoms with Crippen molar-refractivity contribution >= 4 is 27.0 Å². The quantitative estimate of drug-likeness (QED) is 0.567. The lowest BCUT2D eigenvalue weighted by molar-refractivity contribution is -0.222. The minimum Gasteiger partial charge on any atom is -0.345 e. The first-order valence-electron chi connectivity index (χ1n) is 8.60. The number of hydroxylamine groups is 1. The van der Waals surface area contributed by atoms with Crippen LogP contribution in [0.4, 0.5) is 13.2 Å². The number of benzene rings is 1. The van der Waals surface area contributed by atoms with Crippen molar-refractivity contribution in [2.75, 3.05) is 13.1 Å². The standard InChI is InChI=1S/C18H17F3N4O4S/c1-11-10-15-14(6-8-23-16(15)24-11)12-2-4-13(5-3-12)30(27,28)25(9-7-22)29-17(26)18(19,20)21/h2-6,8,10H,7,9,22H2,1H3,(H,23,24). The van der Waals surface area contributed by atoms with Gasteiger partial charge in [-0.1, -0.05) is 12.1 Å². The van der Waals surface area contributed by atoms with Gasteiger partial charge in [-0.15, -0.1) is 0 Å². The Balaban J connectivity index is 1.94. The molecule has 0 aliphatic heterocycles. The number of fused-ring (bicyclic) bond motifs is 1. The Morgan fingerprint density at radius 1 is 1.23 bits per heavy atom. The molecule has 2 aromatic heterocycles. The Bertz CT molecular complexity index is 1170. The highest BCUT2D eigenvalue weighted by atomic mass is 32.2. The van der Waals surface area contributed by atoms with Crippen molar-refractivity contribution in [3.63, 3.8) is 0 Å². The first-order chi connectivity index (χ1) is 14.0. The van der Waals surface area contributed by atoms with Crippen molar-refractivity contribution in [3.05, 3.63) is 48.3 Å². The second kappa shape index (κ2) is 8.05. The average Bonchev–Trinajstić information content (AvgIpc) is 3.07. The molecular weight excluding hydrogens is 425 g/mol. The van der Waals surface area contributed by atoms with E-state index in [1.165, 1.54) is 24.3 Å². The van der Waals surface area contributed by atoms with Gasteiger partial charge >= 0.3 is 12.1 Å². The number of hydrogen-bond acceptors (Lipinski definition) is 6. The summed E-state index contributed by atoms with van der Waals surface area (Å²) in [6.07, 6.45) is -3.76. The molecule has 0 fully saturated rings. The fourth-order valence-corrected chi connectivity index (χ4v) is 4.03. The third kappa shape index (κ3) is 4.30. The van der Waals surface area contributed by atoms with Gasteiger partial charge in [-0.25, -0.2) is 18.2 Å². The molecule has 1 aromatic carbocycles. The number of nitrogens with one attached hydrogen (secondary N) is 1. The van der Waals surface area contributed by atoms with Crippen LogP contribution in [0.15, 0.2) is 47.5 Å². The van der Waals surface area contributed by atoms with Crippen LogP contribution in [0.2, 0.25) is 0 Å². The molecule has 3 N–H and O–H groups in total. The number of alkyl halides is 3. The van der Waals surface area contributed by atoms with Crippen LogP contribution in [0.1, 0.15) is 5.69 Å². The van der Waals surface area contributed by atoms with E-state index < -0.39 is 28.7 Å². The fraction of sp³-hybridized carbons (Fsp3) is 0.222. The summed E-state index contributed by atoms with van der Waals surface area (Å²) in [4.78, 5) is 22.1. The number of nitrogens with zero attached hydrogens (tertiary/aromatic N) is 2. The first kappa shape index (κ1) is 21.7. The summed E-state index contributed by atoms with van der Waals surface area (Å²) in [5.41, 5.74) is 8.27. The number of halogens is 3. The summed E-state index contributed by atoms with van der Waals surface area (Å²) >= 11 is 0. The number of rotatable bonds is 6. The molecule has 0 bridgehead atoms. The predicted octanol–water partition coefficient (Wildman–Crippen LogP) is 2.51. The number of carbonyl (C=O) groups is 1. The van der Waals surface area contributed by atoms with Gasteiger partial charge in [-0.3, -0.25) is 0 Å². The summed E-state index contributed by atoms with van der Waals surface area (Å²) in [5.74, 6) is -2.65. The summed E-state index contributed by atoms with van der Waals surface area (Å²) in [6.45, 7) is 0.874. The maximum atomic E-state index is 12.7. The molecule has 0 radical (unpaired) electrons. The molecule has 0 amide bonds. The van der Waals surface area contributed by atoms with Crippen LogP contribution < -0.4 is 5.73 Å². The Morgan fingerprint density at radius 2 is 1.90 bits per heavy atom. The third-order valence-electron chi connectivity index (χ3n) is 4.13. The molecule has 0 saturated heterocycles. The van der Waals surface area contributed by atoms with Gasteiger partial charge in [0.2, 0.25) is 0 Å². The molecule has 0 atom stereocenters. The Labute approximate surface area is 169 Å². The molecule has 12 heteroatoms. The summed E-state index contributed by atoms with van der Waals surface area (Å²) < 4.78 is 62.7. The van der Waals surface area contributed by atoms with E-state index in [2.05, 4.69) is 14.8 Å².